The van der Waals surface area contributed by atoms with Crippen molar-refractivity contribution < 1.29 is 36.3 Å². The van der Waals surface area contributed by atoms with Crippen LogP contribution in [0.25, 0.3) is 0 Å². The highest BCUT2D eigenvalue weighted by atomic mass is 32.2. The molecule has 0 spiro atoms. The number of rotatable bonds is 13. The predicted octanol–water partition coefficient (Wildman–Crippen LogP) is 4.50. The van der Waals surface area contributed by atoms with Crippen molar-refractivity contribution in [2.45, 2.75) is 39.1 Å². The lowest BCUT2D eigenvalue weighted by Gasteiger charge is -2.26. The Balaban J connectivity index is 1.54. The van der Waals surface area contributed by atoms with E-state index in [0.29, 0.717) is 22.3 Å². The van der Waals surface area contributed by atoms with Crippen molar-refractivity contribution >= 4 is 39.4 Å². The number of anilines is 2. The van der Waals surface area contributed by atoms with Gasteiger partial charge in [-0.2, -0.15) is 13.1 Å². The molecule has 4 aromatic carbocycles. The van der Waals surface area contributed by atoms with Gasteiger partial charge in [-0.15, -0.1) is 0 Å². The van der Waals surface area contributed by atoms with Gasteiger partial charge in [0.15, 0.2) is 0 Å². The van der Waals surface area contributed by atoms with Crippen molar-refractivity contribution in [3.63, 3.8) is 0 Å². The first-order chi connectivity index (χ1) is 23.2. The summed E-state index contributed by atoms with van der Waals surface area (Å²) in [5, 5.41) is 2.39. The van der Waals surface area contributed by atoms with Crippen molar-refractivity contribution in [3.8, 4) is 0 Å². The molecule has 49 heavy (non-hydrogen) atoms. The number of aryl methyl sites for hydroxylation is 2. The molecule has 14 heteroatoms. The Labute approximate surface area is 284 Å². The Morgan fingerprint density at radius 3 is 1.73 bits per heavy atom. The maximum atomic E-state index is 14.1. The fourth-order valence-corrected chi connectivity index (χ4v) is 5.74. The average Bonchev–Trinajstić information content (AvgIpc) is 3.04. The van der Waals surface area contributed by atoms with E-state index < -0.39 is 52.0 Å². The quantitative estimate of drug-likeness (QED) is 0.177. The number of carbonyl (C=O) groups is 3. The zero-order valence-corrected chi connectivity index (χ0v) is 28.1. The van der Waals surface area contributed by atoms with Crippen LogP contribution in [-0.2, 0) is 37.6 Å². The average molecular weight is 694 g/mol. The third-order valence-electron chi connectivity index (χ3n) is 7.35. The van der Waals surface area contributed by atoms with Crippen LogP contribution >= 0.6 is 0 Å². The topological polar surface area (TPSA) is 137 Å². The smallest absolute Gasteiger partial charge is 0.330 e. The minimum absolute atomic E-state index is 0.0294. The maximum Gasteiger partial charge on any atom is 0.330 e. The summed E-state index contributed by atoms with van der Waals surface area (Å²) in [5.41, 5.74) is 2.73. The minimum Gasteiger partial charge on any atom is -0.348 e. The number of likely N-dealkylation sites (N-methyl/N-ethyl adjacent to an activating group) is 2. The number of benzene rings is 4. The molecule has 0 aliphatic carbocycles. The summed E-state index contributed by atoms with van der Waals surface area (Å²) in [6.45, 7) is 3.10. The number of hydrogen-bond acceptors (Lipinski definition) is 6. The second-order valence-corrected chi connectivity index (χ2v) is 12.8. The fraction of sp³-hybridized carbons (Fsp3) is 0.229. The number of amides is 4. The summed E-state index contributed by atoms with van der Waals surface area (Å²) in [7, 11) is -2.10. The molecule has 4 rings (SSSR count). The molecular weight excluding hydrogens is 656 g/mol. The molecule has 0 saturated carbocycles. The van der Waals surface area contributed by atoms with Crippen molar-refractivity contribution in [2.24, 2.45) is 0 Å². The summed E-state index contributed by atoms with van der Waals surface area (Å²) in [4.78, 5) is 42.5. The Kier molecular flexibility index (Phi) is 12.2. The normalized spacial score (nSPS) is 12.4. The van der Waals surface area contributed by atoms with E-state index in [2.05, 4.69) is 5.32 Å². The number of hydrogen-bond donors (Lipinski definition) is 3. The Hall–Kier alpha value is -5.18. The lowest BCUT2D eigenvalue weighted by Crippen LogP contribution is -2.57. The molecule has 0 radical (unpaired) electrons. The fourth-order valence-electron chi connectivity index (χ4n) is 4.92. The SMILES string of the molecule is Cc1cc(F)cc(N(C)C(=O)C(NS(=O)(=O)NC(=O)N[C@@H](Cc2ccccc2)C(=O)N(C)c2cc(C)cc(F)c2)OCc2ccccc2)c1. The van der Waals surface area contributed by atoms with Gasteiger partial charge in [0.1, 0.15) is 17.7 Å². The highest BCUT2D eigenvalue weighted by molar-refractivity contribution is 7.88. The zero-order valence-electron chi connectivity index (χ0n) is 27.3. The molecule has 0 bridgehead atoms. The molecule has 2 atom stereocenters. The van der Waals surface area contributed by atoms with E-state index in [4.69, 9.17) is 4.74 Å². The van der Waals surface area contributed by atoms with Crippen LogP contribution in [-0.4, -0.2) is 52.6 Å². The highest BCUT2D eigenvalue weighted by Crippen LogP contribution is 2.20. The van der Waals surface area contributed by atoms with Crippen LogP contribution < -0.4 is 24.6 Å². The third-order valence-corrected chi connectivity index (χ3v) is 8.33. The number of nitrogens with one attached hydrogen (secondary N) is 3. The van der Waals surface area contributed by atoms with Gasteiger partial charge in [-0.1, -0.05) is 60.7 Å². The molecule has 0 saturated heterocycles. The van der Waals surface area contributed by atoms with Crippen LogP contribution in [0, 0.1) is 25.5 Å². The van der Waals surface area contributed by atoms with Gasteiger partial charge < -0.3 is 19.9 Å². The van der Waals surface area contributed by atoms with E-state index in [-0.39, 0.29) is 24.4 Å². The monoisotopic (exact) mass is 693 g/mol. The minimum atomic E-state index is -4.82. The van der Waals surface area contributed by atoms with Crippen LogP contribution in [0.4, 0.5) is 25.0 Å². The van der Waals surface area contributed by atoms with E-state index in [9.17, 15) is 31.6 Å². The van der Waals surface area contributed by atoms with Crippen LogP contribution in [0.5, 0.6) is 0 Å². The number of nitrogens with zero attached hydrogens (tertiary/aromatic N) is 2. The second kappa shape index (κ2) is 16.3. The third kappa shape index (κ3) is 10.7. The van der Waals surface area contributed by atoms with Gasteiger partial charge >= 0.3 is 16.2 Å². The van der Waals surface area contributed by atoms with Crippen LogP contribution in [0.2, 0.25) is 0 Å². The van der Waals surface area contributed by atoms with Crippen LogP contribution in [0.3, 0.4) is 0 Å². The first-order valence-electron chi connectivity index (χ1n) is 15.1. The summed E-state index contributed by atoms with van der Waals surface area (Å²) in [5.74, 6) is -2.72. The summed E-state index contributed by atoms with van der Waals surface area (Å²) in [6.07, 6.45) is -1.89. The first kappa shape index (κ1) is 36.7. The molecule has 3 N–H and O–H groups in total. The summed E-state index contributed by atoms with van der Waals surface area (Å²) >= 11 is 0. The van der Waals surface area contributed by atoms with Crippen molar-refractivity contribution in [1.82, 2.24) is 14.8 Å². The Morgan fingerprint density at radius 1 is 0.735 bits per heavy atom. The summed E-state index contributed by atoms with van der Waals surface area (Å²) < 4.78 is 64.3. The molecule has 0 aromatic heterocycles. The van der Waals surface area contributed by atoms with Gasteiger partial charge in [0, 0.05) is 31.9 Å². The standard InChI is InChI=1S/C35H37F2N5O6S/c1-23-15-27(36)20-29(17-23)41(3)33(43)31(19-25-11-7-5-8-12-25)38-35(45)40-49(46,47)39-32(48-22-26-13-9-6-10-14-26)34(44)42(4)30-18-24(2)16-28(37)21-30/h5-18,20-21,31-32,39H,19,22H2,1-4H3,(H2,38,40,45)/t31-,32?/m0/s1. The predicted molar refractivity (Wildman–Crippen MR) is 182 cm³/mol. The van der Waals surface area contributed by atoms with Gasteiger partial charge in [0.05, 0.1) is 6.61 Å². The van der Waals surface area contributed by atoms with Crippen molar-refractivity contribution in [2.75, 3.05) is 23.9 Å². The van der Waals surface area contributed by atoms with E-state index in [1.165, 1.54) is 32.3 Å². The van der Waals surface area contributed by atoms with Gasteiger partial charge in [0.25, 0.3) is 5.91 Å². The molecule has 0 heterocycles. The second-order valence-electron chi connectivity index (χ2n) is 11.4. The lowest BCUT2D eigenvalue weighted by atomic mass is 10.0. The maximum absolute atomic E-state index is 14.1. The molecule has 0 fully saturated rings. The zero-order chi connectivity index (χ0) is 35.7. The lowest BCUT2D eigenvalue weighted by molar-refractivity contribution is -0.131. The van der Waals surface area contributed by atoms with Crippen LogP contribution in [0.15, 0.2) is 97.1 Å². The Morgan fingerprint density at radius 2 is 1.22 bits per heavy atom. The molecule has 0 aliphatic heterocycles. The Bertz CT molecular complexity index is 1860. The number of carbonyl (C=O) groups excluding carboxylic acids is 3. The van der Waals surface area contributed by atoms with E-state index in [1.807, 2.05) is 4.72 Å². The number of urea groups is 1. The molecule has 4 aromatic rings. The van der Waals surface area contributed by atoms with E-state index >= 15 is 0 Å². The van der Waals surface area contributed by atoms with Crippen LogP contribution in [0.1, 0.15) is 22.3 Å². The van der Waals surface area contributed by atoms with Gasteiger partial charge in [-0.05, 0) is 72.5 Å². The van der Waals surface area contributed by atoms with Crippen molar-refractivity contribution in [3.05, 3.63) is 131 Å². The molecular formula is C35H37F2N5O6S. The summed E-state index contributed by atoms with van der Waals surface area (Å²) in [6, 6.07) is 22.7. The van der Waals surface area contributed by atoms with E-state index in [0.717, 1.165) is 21.9 Å². The molecule has 11 nitrogen and oxygen atoms in total. The van der Waals surface area contributed by atoms with Gasteiger partial charge in [-0.25, -0.2) is 18.3 Å². The van der Waals surface area contributed by atoms with Gasteiger partial charge in [0.2, 0.25) is 12.1 Å². The number of halogens is 2. The highest BCUT2D eigenvalue weighted by Gasteiger charge is 2.32. The molecule has 258 valence electrons. The molecule has 0 aliphatic rings. The molecule has 4 amide bonds. The molecule has 1 unspecified atom stereocenters. The number of ether oxygens (including phenoxy) is 1. The van der Waals surface area contributed by atoms with Gasteiger partial charge in [-0.3, -0.25) is 9.59 Å². The van der Waals surface area contributed by atoms with E-state index in [1.54, 1.807) is 85.3 Å². The largest absolute Gasteiger partial charge is 0.348 e. The first-order valence-corrected chi connectivity index (χ1v) is 16.6. The van der Waals surface area contributed by atoms with Crippen molar-refractivity contribution in [1.29, 1.82) is 0 Å².